The molecule has 5 aliphatic rings. The number of furan rings is 1. The first-order valence-electron chi connectivity index (χ1n) is 44.1. The van der Waals surface area contributed by atoms with E-state index in [0.717, 1.165) is 89.4 Å². The number of anilines is 6. The Morgan fingerprint density at radius 1 is 0.197 bits per heavy atom. The van der Waals surface area contributed by atoms with Crippen LogP contribution >= 0.6 is 11.3 Å². The summed E-state index contributed by atoms with van der Waals surface area (Å²) in [5.74, 6) is 0. The molecule has 22 aromatic rings. The molecule has 0 bridgehead atoms. The van der Waals surface area contributed by atoms with Gasteiger partial charge in [-0.1, -0.05) is 382 Å². The molecule has 0 radical (unpaired) electrons. The third-order valence-electron chi connectivity index (χ3n) is 28.6. The third-order valence-corrected chi connectivity index (χ3v) is 29.8. The minimum Gasteiger partial charge on any atom is -0.455 e. The van der Waals surface area contributed by atoms with Crippen molar-refractivity contribution in [2.45, 2.75) is 16.2 Å². The molecule has 4 heteroatoms. The van der Waals surface area contributed by atoms with Crippen LogP contribution in [0.1, 0.15) is 66.8 Å². The average molecular weight is 1630 g/mol. The van der Waals surface area contributed by atoms with Crippen LogP contribution in [-0.4, -0.2) is 0 Å². The highest BCUT2D eigenvalue weighted by Gasteiger charge is 2.55. The summed E-state index contributed by atoms with van der Waals surface area (Å²) < 4.78 is 9.82. The van der Waals surface area contributed by atoms with Crippen molar-refractivity contribution in [2.75, 3.05) is 9.80 Å². The number of rotatable bonds is 12. The van der Waals surface area contributed by atoms with E-state index in [-0.39, 0.29) is 0 Å². The van der Waals surface area contributed by atoms with E-state index in [0.29, 0.717) is 0 Å². The van der Waals surface area contributed by atoms with E-state index < -0.39 is 16.2 Å². The number of fused-ring (bicyclic) bond motifs is 29. The van der Waals surface area contributed by atoms with Crippen molar-refractivity contribution in [3.05, 3.63) is 528 Å². The van der Waals surface area contributed by atoms with Gasteiger partial charge in [0, 0.05) is 70.3 Å². The van der Waals surface area contributed by atoms with Gasteiger partial charge in [-0.05, 0) is 224 Å². The highest BCUT2D eigenvalue weighted by atomic mass is 32.1. The smallest absolute Gasteiger partial charge is 0.143 e. The van der Waals surface area contributed by atoms with Crippen LogP contribution in [-0.2, 0) is 16.2 Å². The summed E-state index contributed by atoms with van der Waals surface area (Å²) in [4.78, 5) is 5.08. The molecule has 1 atom stereocenters. The number of benzene rings is 20. The van der Waals surface area contributed by atoms with E-state index in [4.69, 9.17) is 4.42 Å². The first kappa shape index (κ1) is 71.6. The van der Waals surface area contributed by atoms with Crippen LogP contribution in [0.4, 0.5) is 34.1 Å². The second kappa shape index (κ2) is 27.5. The molecule has 5 aliphatic carbocycles. The molecule has 590 valence electrons. The third kappa shape index (κ3) is 9.96. The van der Waals surface area contributed by atoms with Gasteiger partial charge in [-0.25, -0.2) is 0 Å². The molecule has 0 fully saturated rings. The molecule has 2 heterocycles. The van der Waals surface area contributed by atoms with E-state index in [9.17, 15) is 0 Å². The number of nitrogens with zero attached hydrogens (tertiary/aromatic N) is 2. The molecule has 0 saturated carbocycles. The first-order valence-corrected chi connectivity index (χ1v) is 44.9. The van der Waals surface area contributed by atoms with Crippen LogP contribution in [0.3, 0.4) is 0 Å². The molecule has 0 saturated heterocycles. The number of thiophene rings is 1. The molecule has 0 amide bonds. The van der Waals surface area contributed by atoms with Crippen molar-refractivity contribution in [3.8, 4) is 100 Å². The molecular formula is C123H76N2OS. The van der Waals surface area contributed by atoms with E-state index in [2.05, 4.69) is 471 Å². The lowest BCUT2D eigenvalue weighted by atomic mass is 9.67. The van der Waals surface area contributed by atoms with Gasteiger partial charge < -0.3 is 14.2 Å². The Kier molecular flexibility index (Phi) is 15.5. The SMILES string of the molecule is c1ccc(-c2ccccc2N(c2ccc(-c3cccc4c3sc3ccccc34)cc2)c2cccc3c2-c2ccccc2C32c3ccccc3-c3cc(-c4cccc5c4oc4ccc(-c6ccc(N(c7ccc8c(c7)C(c7ccccc7)(c7ccccc7)c7ccccc7-8)c7cccc8c7-c7ccccc7C87c8ccccc8-c8ccccc87)cc6)cc45)ccc32)cc1. The first-order chi connectivity index (χ1) is 63.0. The quantitative estimate of drug-likeness (QED) is 0.122. The average Bonchev–Trinajstić information content (AvgIpc) is 1.57. The van der Waals surface area contributed by atoms with Crippen molar-refractivity contribution < 1.29 is 4.42 Å². The molecule has 127 heavy (non-hydrogen) atoms. The molecule has 1 unspecified atom stereocenters. The Bertz CT molecular complexity index is 8260. The van der Waals surface area contributed by atoms with Gasteiger partial charge in [-0.2, -0.15) is 0 Å². The van der Waals surface area contributed by atoms with E-state index >= 15 is 0 Å². The predicted octanol–water partition coefficient (Wildman–Crippen LogP) is 32.6. The number of hydrogen-bond acceptors (Lipinski definition) is 4. The lowest BCUT2D eigenvalue weighted by Crippen LogP contribution is -2.28. The highest BCUT2D eigenvalue weighted by molar-refractivity contribution is 7.26. The van der Waals surface area contributed by atoms with Gasteiger partial charge in [0.2, 0.25) is 0 Å². The van der Waals surface area contributed by atoms with Crippen LogP contribution in [0.5, 0.6) is 0 Å². The second-order valence-electron chi connectivity index (χ2n) is 34.6. The van der Waals surface area contributed by atoms with E-state index in [1.165, 1.54) is 154 Å². The summed E-state index contributed by atoms with van der Waals surface area (Å²) in [7, 11) is 0. The Morgan fingerprint density at radius 3 is 1.21 bits per heavy atom. The lowest BCUT2D eigenvalue weighted by Gasteiger charge is -2.35. The molecule has 0 aliphatic heterocycles. The maximum absolute atomic E-state index is 7.20. The van der Waals surface area contributed by atoms with Gasteiger partial charge in [0.15, 0.2) is 0 Å². The minimum atomic E-state index is -0.637. The van der Waals surface area contributed by atoms with Crippen molar-refractivity contribution in [1.82, 2.24) is 0 Å². The topological polar surface area (TPSA) is 19.6 Å². The maximum atomic E-state index is 7.20. The fraction of sp³-hybridized carbons (Fsp3) is 0.0244. The summed E-state index contributed by atoms with van der Waals surface area (Å²) in [5, 5.41) is 4.75. The van der Waals surface area contributed by atoms with Crippen LogP contribution in [0.2, 0.25) is 0 Å². The molecule has 2 aromatic heterocycles. The Labute approximate surface area is 740 Å². The van der Waals surface area contributed by atoms with Gasteiger partial charge in [0.25, 0.3) is 0 Å². The monoisotopic (exact) mass is 1630 g/mol. The van der Waals surface area contributed by atoms with Crippen LogP contribution in [0.15, 0.2) is 465 Å². The Morgan fingerprint density at radius 2 is 0.598 bits per heavy atom. The maximum Gasteiger partial charge on any atom is 0.143 e. The van der Waals surface area contributed by atoms with Gasteiger partial charge in [-0.15, -0.1) is 11.3 Å². The van der Waals surface area contributed by atoms with Crippen molar-refractivity contribution in [2.24, 2.45) is 0 Å². The van der Waals surface area contributed by atoms with Gasteiger partial charge in [-0.3, -0.25) is 0 Å². The minimum absolute atomic E-state index is 0.535. The summed E-state index contributed by atoms with van der Waals surface area (Å²) in [6, 6.07) is 173. The van der Waals surface area contributed by atoms with Crippen LogP contribution in [0.25, 0.3) is 142 Å². The van der Waals surface area contributed by atoms with Crippen LogP contribution < -0.4 is 9.80 Å². The molecule has 0 N–H and O–H groups in total. The molecule has 3 nitrogen and oxygen atoms in total. The summed E-state index contributed by atoms with van der Waals surface area (Å²) in [5.41, 5.74) is 43.4. The molecular weight excluding hydrogens is 1550 g/mol. The largest absolute Gasteiger partial charge is 0.455 e. The summed E-state index contributed by atoms with van der Waals surface area (Å²) >= 11 is 1.88. The zero-order chi connectivity index (χ0) is 83.2. The van der Waals surface area contributed by atoms with Gasteiger partial charge >= 0.3 is 0 Å². The summed E-state index contributed by atoms with van der Waals surface area (Å²) in [6.07, 6.45) is 0. The standard InChI is InChI=1S/C123H76N2OS/c1-4-30-78(31-5-1)87-36-16-24-56-112(87)125(85-68-62-79(63-69-85)89-45-27-47-97-95-41-17-25-59-116(95)127-120(89)97)114-58-29-55-110-118(114)99-43-15-23-53-107(99)123(110)105-51-21-13-40-93(105)100-75-81(64-72-108(100)123)88-44-26-46-96-101-74-80(65-73-115(101)126-119(88)96)77-60-66-84(67-61-77)124(86-70-71-94-92-39-10-18-48-102(92)121(111(94)76-86,82-32-6-2-7-33-82)83-34-8-3-9-35-83)113-57-28-54-109-117(113)98-42-14-22-52-106(98)122(109)103-49-19-11-37-90(103)91-38-12-20-50-104(91)122/h1-76H. The lowest BCUT2D eigenvalue weighted by molar-refractivity contribution is 0.670. The Balaban J connectivity index is 0.581. The number of para-hydroxylation sites is 2. The summed E-state index contributed by atoms with van der Waals surface area (Å²) in [6.45, 7) is 0. The molecule has 2 spiro atoms. The van der Waals surface area contributed by atoms with Crippen molar-refractivity contribution in [1.29, 1.82) is 0 Å². The van der Waals surface area contributed by atoms with Crippen molar-refractivity contribution >= 4 is 87.6 Å². The fourth-order valence-corrected chi connectivity index (χ4v) is 24.8. The Hall–Kier alpha value is -16.0. The van der Waals surface area contributed by atoms with Crippen molar-refractivity contribution in [3.63, 3.8) is 0 Å². The van der Waals surface area contributed by atoms with Gasteiger partial charge in [0.1, 0.15) is 11.2 Å². The second-order valence-corrected chi connectivity index (χ2v) is 35.6. The van der Waals surface area contributed by atoms with Crippen LogP contribution in [0, 0.1) is 0 Å². The van der Waals surface area contributed by atoms with E-state index in [1.54, 1.807) is 0 Å². The fourth-order valence-electron chi connectivity index (χ4n) is 23.5. The molecule has 27 rings (SSSR count). The normalized spacial score (nSPS) is 14.5. The zero-order valence-electron chi connectivity index (χ0n) is 69.1. The highest BCUT2D eigenvalue weighted by Crippen LogP contribution is 2.68. The number of hydrogen-bond donors (Lipinski definition) is 0. The zero-order valence-corrected chi connectivity index (χ0v) is 69.9. The van der Waals surface area contributed by atoms with E-state index in [1.807, 2.05) is 11.3 Å². The molecule has 20 aromatic carbocycles. The predicted molar refractivity (Wildman–Crippen MR) is 528 cm³/mol. The van der Waals surface area contributed by atoms with Gasteiger partial charge in [0.05, 0.1) is 33.3 Å².